The number of amidine groups is 1. The van der Waals surface area contributed by atoms with Gasteiger partial charge in [-0.2, -0.15) is 0 Å². The van der Waals surface area contributed by atoms with E-state index in [9.17, 15) is 4.79 Å². The van der Waals surface area contributed by atoms with Crippen LogP contribution in [0.2, 0.25) is 0 Å². The summed E-state index contributed by atoms with van der Waals surface area (Å²) in [6.45, 7) is 4.13. The van der Waals surface area contributed by atoms with Crippen LogP contribution in [0.5, 0.6) is 0 Å². The maximum absolute atomic E-state index is 10.4. The third-order valence-corrected chi connectivity index (χ3v) is 1.61. The second-order valence-corrected chi connectivity index (χ2v) is 3.47. The molecule has 0 bridgehead atoms. The van der Waals surface area contributed by atoms with Crippen molar-refractivity contribution >= 4 is 36.8 Å². The molecule has 0 saturated heterocycles. The molecular formula is C9H21Cl2N3O3. The van der Waals surface area contributed by atoms with Gasteiger partial charge in [0.05, 0.1) is 6.10 Å². The zero-order valence-electron chi connectivity index (χ0n) is 9.96. The summed E-state index contributed by atoms with van der Waals surface area (Å²) in [5.41, 5.74) is 10.7. The Morgan fingerprint density at radius 2 is 1.94 bits per heavy atom. The Morgan fingerprint density at radius 3 is 2.35 bits per heavy atom. The van der Waals surface area contributed by atoms with Gasteiger partial charge in [-0.05, 0) is 26.7 Å². The van der Waals surface area contributed by atoms with Crippen LogP contribution in [-0.4, -0.2) is 35.8 Å². The van der Waals surface area contributed by atoms with Crippen molar-refractivity contribution in [3.05, 3.63) is 0 Å². The van der Waals surface area contributed by atoms with Crippen LogP contribution in [0.3, 0.4) is 0 Å². The summed E-state index contributed by atoms with van der Waals surface area (Å²) < 4.78 is 5.08. The van der Waals surface area contributed by atoms with Crippen LogP contribution < -0.4 is 11.5 Å². The van der Waals surface area contributed by atoms with Crippen LogP contribution in [0.25, 0.3) is 0 Å². The highest BCUT2D eigenvalue weighted by atomic mass is 35.5. The molecule has 0 aromatic carbocycles. The maximum Gasteiger partial charge on any atom is 0.320 e. The molecule has 1 atom stereocenters. The number of carbonyl (C=O) groups is 1. The van der Waals surface area contributed by atoms with Gasteiger partial charge in [-0.3, -0.25) is 4.79 Å². The number of hydrogen-bond donors (Lipinski definition) is 3. The lowest BCUT2D eigenvalue weighted by Crippen LogP contribution is -2.30. The fourth-order valence-electron chi connectivity index (χ4n) is 0.903. The van der Waals surface area contributed by atoms with E-state index in [0.717, 1.165) is 0 Å². The highest BCUT2D eigenvalue weighted by molar-refractivity contribution is 5.85. The molecule has 0 fully saturated rings. The van der Waals surface area contributed by atoms with E-state index in [1.807, 2.05) is 13.8 Å². The number of aliphatic carboxylic acids is 1. The number of nitrogens with two attached hydrogens (primary N) is 2. The number of aliphatic imine (C=N–C) groups is 1. The molecule has 0 saturated carbocycles. The van der Waals surface area contributed by atoms with Crippen LogP contribution in [0.1, 0.15) is 26.7 Å². The van der Waals surface area contributed by atoms with E-state index in [-0.39, 0.29) is 36.9 Å². The molecule has 0 heterocycles. The lowest BCUT2D eigenvalue weighted by molar-refractivity contribution is -0.138. The van der Waals surface area contributed by atoms with Gasteiger partial charge in [0.15, 0.2) is 0 Å². The fourth-order valence-corrected chi connectivity index (χ4v) is 0.903. The molecule has 8 heteroatoms. The second-order valence-electron chi connectivity index (χ2n) is 3.47. The van der Waals surface area contributed by atoms with Gasteiger partial charge < -0.3 is 21.3 Å². The summed E-state index contributed by atoms with van der Waals surface area (Å²) in [5, 5.41) is 8.50. The molecule has 5 N–H and O–H groups in total. The first-order valence-electron chi connectivity index (χ1n) is 4.88. The summed E-state index contributed by atoms with van der Waals surface area (Å²) >= 11 is 0. The van der Waals surface area contributed by atoms with Crippen LogP contribution in [0.4, 0.5) is 0 Å². The predicted molar refractivity (Wildman–Crippen MR) is 72.1 cm³/mol. The van der Waals surface area contributed by atoms with Crippen LogP contribution in [0.15, 0.2) is 4.99 Å². The topological polar surface area (TPSA) is 111 Å². The predicted octanol–water partition coefficient (Wildman–Crippen LogP) is 0.762. The summed E-state index contributed by atoms with van der Waals surface area (Å²) in [7, 11) is 0. The van der Waals surface area contributed by atoms with Crippen molar-refractivity contribution in [1.29, 1.82) is 0 Å². The monoisotopic (exact) mass is 289 g/mol. The Hall–Kier alpha value is -0.720. The Balaban J connectivity index is -0.000000980. The van der Waals surface area contributed by atoms with Gasteiger partial charge in [0.25, 0.3) is 6.02 Å². The first-order chi connectivity index (χ1) is 6.93. The lowest BCUT2D eigenvalue weighted by atomic mass is 10.2. The van der Waals surface area contributed by atoms with Gasteiger partial charge in [-0.25, -0.2) is 4.99 Å². The minimum absolute atomic E-state index is 0. The third kappa shape index (κ3) is 13.2. The summed E-state index contributed by atoms with van der Waals surface area (Å²) in [4.78, 5) is 14.3. The van der Waals surface area contributed by atoms with Gasteiger partial charge in [0.2, 0.25) is 0 Å². The van der Waals surface area contributed by atoms with Crippen molar-refractivity contribution in [2.75, 3.05) is 6.54 Å². The molecule has 0 aliphatic rings. The Morgan fingerprint density at radius 1 is 1.41 bits per heavy atom. The zero-order valence-corrected chi connectivity index (χ0v) is 11.6. The van der Waals surface area contributed by atoms with Gasteiger partial charge in [0.1, 0.15) is 6.04 Å². The SMILES string of the molecule is CC(C)OC(N)=NCCC[C@H](N)C(=O)O.Cl.Cl. The molecule has 0 amide bonds. The maximum atomic E-state index is 10.4. The zero-order chi connectivity index (χ0) is 11.8. The van der Waals surface area contributed by atoms with Gasteiger partial charge in [-0.1, -0.05) is 0 Å². The number of ether oxygens (including phenoxy) is 1. The van der Waals surface area contributed by atoms with Gasteiger partial charge >= 0.3 is 5.97 Å². The molecule has 0 rings (SSSR count). The number of carboxylic acid groups (broad SMARTS) is 1. The number of nitrogens with zero attached hydrogens (tertiary/aromatic N) is 1. The van der Waals surface area contributed by atoms with E-state index in [4.69, 9.17) is 21.3 Å². The summed E-state index contributed by atoms with van der Waals surface area (Å²) in [5.74, 6) is -0.995. The molecule has 0 radical (unpaired) electrons. The molecule has 0 aromatic rings. The van der Waals surface area contributed by atoms with Crippen molar-refractivity contribution in [2.24, 2.45) is 16.5 Å². The van der Waals surface area contributed by atoms with E-state index in [1.54, 1.807) is 0 Å². The molecule has 0 aliphatic carbocycles. The molecule has 0 unspecified atom stereocenters. The van der Waals surface area contributed by atoms with E-state index in [0.29, 0.717) is 19.4 Å². The minimum atomic E-state index is -0.995. The smallest absolute Gasteiger partial charge is 0.320 e. The number of halogens is 2. The average Bonchev–Trinajstić information content (AvgIpc) is 2.10. The van der Waals surface area contributed by atoms with Gasteiger partial charge in [-0.15, -0.1) is 24.8 Å². The normalized spacial score (nSPS) is 12.4. The third-order valence-electron chi connectivity index (χ3n) is 1.61. The number of carboxylic acids is 1. The lowest BCUT2D eigenvalue weighted by Gasteiger charge is -2.08. The molecule has 0 spiro atoms. The van der Waals surface area contributed by atoms with Crippen molar-refractivity contribution in [2.45, 2.75) is 38.8 Å². The number of rotatable bonds is 6. The quantitative estimate of drug-likeness (QED) is 0.380. The average molecular weight is 290 g/mol. The van der Waals surface area contributed by atoms with Crippen LogP contribution in [-0.2, 0) is 9.53 Å². The van der Waals surface area contributed by atoms with Crippen molar-refractivity contribution in [3.63, 3.8) is 0 Å². The van der Waals surface area contributed by atoms with E-state index >= 15 is 0 Å². The summed E-state index contributed by atoms with van der Waals surface area (Å²) in [6, 6.07) is -0.693. The fraction of sp³-hybridized carbons (Fsp3) is 0.778. The Kier molecular flexibility index (Phi) is 14.9. The largest absolute Gasteiger partial charge is 0.480 e. The van der Waals surface area contributed by atoms with Crippen LogP contribution >= 0.6 is 24.8 Å². The summed E-state index contributed by atoms with van der Waals surface area (Å²) in [6.07, 6.45) is 0.957. The molecule has 104 valence electrons. The highest BCUT2D eigenvalue weighted by Gasteiger charge is 2.09. The number of hydrogen-bond acceptors (Lipinski definition) is 4. The Labute approximate surface area is 114 Å². The highest BCUT2D eigenvalue weighted by Crippen LogP contribution is 1.96. The standard InChI is InChI=1S/C9H19N3O3.2ClH/c1-6(2)15-9(11)12-5-3-4-7(10)8(13)14;;/h6-7H,3-5,10H2,1-2H3,(H2,11,12)(H,13,14);2*1H/t7-;;/m0../s1. The molecular weight excluding hydrogens is 269 g/mol. The molecule has 6 nitrogen and oxygen atoms in total. The first kappa shape index (κ1) is 21.6. The van der Waals surface area contributed by atoms with Crippen molar-refractivity contribution < 1.29 is 14.6 Å². The molecule has 17 heavy (non-hydrogen) atoms. The Bertz CT molecular complexity index is 238. The molecule has 0 aromatic heterocycles. The van der Waals surface area contributed by atoms with E-state index in [1.165, 1.54) is 0 Å². The molecule has 0 aliphatic heterocycles. The van der Waals surface area contributed by atoms with E-state index < -0.39 is 12.0 Å². The second kappa shape index (κ2) is 11.8. The minimum Gasteiger partial charge on any atom is -0.480 e. The van der Waals surface area contributed by atoms with Crippen LogP contribution in [0, 0.1) is 0 Å². The van der Waals surface area contributed by atoms with E-state index in [2.05, 4.69) is 4.99 Å². The van der Waals surface area contributed by atoms with Crippen molar-refractivity contribution in [1.82, 2.24) is 0 Å². The van der Waals surface area contributed by atoms with Crippen molar-refractivity contribution in [3.8, 4) is 0 Å². The first-order valence-corrected chi connectivity index (χ1v) is 4.88. The van der Waals surface area contributed by atoms with Gasteiger partial charge in [0, 0.05) is 6.54 Å².